The Morgan fingerprint density at radius 3 is 2.88 bits per heavy atom. The van der Waals surface area contributed by atoms with Gasteiger partial charge in [0.15, 0.2) is 0 Å². The topological polar surface area (TPSA) is 41.1 Å². The molecule has 2 unspecified atom stereocenters. The van der Waals surface area contributed by atoms with Crippen LogP contribution in [0.4, 0.5) is 11.6 Å². The predicted molar refractivity (Wildman–Crippen MR) is 75.0 cm³/mol. The summed E-state index contributed by atoms with van der Waals surface area (Å²) < 4.78 is 0. The molecule has 2 rings (SSSR count). The fourth-order valence-corrected chi connectivity index (χ4v) is 3.31. The van der Waals surface area contributed by atoms with E-state index in [1.54, 1.807) is 6.33 Å². The summed E-state index contributed by atoms with van der Waals surface area (Å²) >= 11 is 2.04. The molecule has 94 valence electrons. The molecule has 1 N–H and O–H groups in total. The van der Waals surface area contributed by atoms with Crippen LogP contribution in [-0.2, 0) is 0 Å². The summed E-state index contributed by atoms with van der Waals surface area (Å²) in [7, 11) is 1.90. The van der Waals surface area contributed by atoms with Gasteiger partial charge in [-0.1, -0.05) is 6.92 Å². The Hall–Kier alpha value is -0.970. The summed E-state index contributed by atoms with van der Waals surface area (Å²) in [5, 5.41) is 3.77. The first-order chi connectivity index (χ1) is 8.15. The van der Waals surface area contributed by atoms with Crippen LogP contribution in [0.1, 0.15) is 19.4 Å². The molecule has 2 heterocycles. The molecule has 1 aliphatic heterocycles. The van der Waals surface area contributed by atoms with Crippen molar-refractivity contribution in [3.63, 3.8) is 0 Å². The molecule has 0 saturated carbocycles. The number of thioether (sulfide) groups is 1. The first-order valence-electron chi connectivity index (χ1n) is 6.02. The lowest BCUT2D eigenvalue weighted by Gasteiger charge is -2.39. The smallest absolute Gasteiger partial charge is 0.137 e. The summed E-state index contributed by atoms with van der Waals surface area (Å²) in [5.41, 5.74) is 1.14. The minimum absolute atomic E-state index is 0.520. The van der Waals surface area contributed by atoms with E-state index in [4.69, 9.17) is 0 Å². The molecule has 0 radical (unpaired) electrons. The Labute approximate surface area is 107 Å². The molecule has 0 spiro atoms. The van der Waals surface area contributed by atoms with Crippen LogP contribution in [0.3, 0.4) is 0 Å². The van der Waals surface area contributed by atoms with Crippen LogP contribution in [-0.4, -0.2) is 40.6 Å². The molecule has 2 atom stereocenters. The van der Waals surface area contributed by atoms with E-state index in [0.29, 0.717) is 11.3 Å². The zero-order valence-corrected chi connectivity index (χ0v) is 11.7. The highest BCUT2D eigenvalue weighted by Crippen LogP contribution is 2.30. The van der Waals surface area contributed by atoms with Crippen LogP contribution < -0.4 is 10.2 Å². The molecule has 1 saturated heterocycles. The van der Waals surface area contributed by atoms with E-state index < -0.39 is 0 Å². The molecule has 1 aromatic heterocycles. The predicted octanol–water partition coefficient (Wildman–Crippen LogP) is 2.16. The summed E-state index contributed by atoms with van der Waals surface area (Å²) in [4.78, 5) is 11.1. The highest BCUT2D eigenvalue weighted by atomic mass is 32.2. The standard InChI is InChI=1S/C12H20N4S/c1-8-11(13-4)14-7-15-12(8)16-5-6-17-10(3)9(16)2/h7,9-10H,5-6H2,1-4H3,(H,13,14,15). The summed E-state index contributed by atoms with van der Waals surface area (Å²) in [6, 6.07) is 0.520. The molecule has 1 aromatic rings. The normalized spacial score (nSPS) is 24.8. The Bertz CT molecular complexity index is 396. The first-order valence-corrected chi connectivity index (χ1v) is 7.07. The van der Waals surface area contributed by atoms with Crippen molar-refractivity contribution in [1.29, 1.82) is 0 Å². The second-order valence-electron chi connectivity index (χ2n) is 4.43. The molecule has 5 heteroatoms. The van der Waals surface area contributed by atoms with Crippen molar-refractivity contribution in [1.82, 2.24) is 9.97 Å². The molecule has 1 aliphatic rings. The van der Waals surface area contributed by atoms with Gasteiger partial charge in [-0.15, -0.1) is 0 Å². The molecule has 0 aromatic carbocycles. The maximum Gasteiger partial charge on any atom is 0.137 e. The van der Waals surface area contributed by atoms with Gasteiger partial charge in [0, 0.05) is 36.2 Å². The average Bonchev–Trinajstić information content (AvgIpc) is 2.33. The van der Waals surface area contributed by atoms with E-state index in [-0.39, 0.29) is 0 Å². The van der Waals surface area contributed by atoms with Gasteiger partial charge >= 0.3 is 0 Å². The third-order valence-electron chi connectivity index (χ3n) is 3.45. The number of nitrogens with one attached hydrogen (secondary N) is 1. The third-order valence-corrected chi connectivity index (χ3v) is 4.79. The lowest BCUT2D eigenvalue weighted by atomic mass is 10.2. The van der Waals surface area contributed by atoms with Gasteiger partial charge in [0.05, 0.1) is 0 Å². The van der Waals surface area contributed by atoms with Crippen molar-refractivity contribution < 1.29 is 0 Å². The fourth-order valence-electron chi connectivity index (χ4n) is 2.21. The van der Waals surface area contributed by atoms with Gasteiger partial charge in [-0.2, -0.15) is 11.8 Å². The van der Waals surface area contributed by atoms with E-state index in [9.17, 15) is 0 Å². The highest BCUT2D eigenvalue weighted by molar-refractivity contribution is 8.00. The van der Waals surface area contributed by atoms with E-state index in [1.165, 1.54) is 5.75 Å². The van der Waals surface area contributed by atoms with Gasteiger partial charge in [-0.25, -0.2) is 9.97 Å². The number of hydrogen-bond acceptors (Lipinski definition) is 5. The van der Waals surface area contributed by atoms with Crippen LogP contribution in [0, 0.1) is 6.92 Å². The number of hydrogen-bond donors (Lipinski definition) is 1. The van der Waals surface area contributed by atoms with Crippen molar-refractivity contribution in [3.05, 3.63) is 11.9 Å². The second-order valence-corrected chi connectivity index (χ2v) is 5.92. The Kier molecular flexibility index (Phi) is 3.76. The largest absolute Gasteiger partial charge is 0.373 e. The number of anilines is 2. The lowest BCUT2D eigenvalue weighted by Crippen LogP contribution is -2.45. The van der Waals surface area contributed by atoms with Crippen molar-refractivity contribution in [3.8, 4) is 0 Å². The molecule has 17 heavy (non-hydrogen) atoms. The minimum Gasteiger partial charge on any atom is -0.373 e. The van der Waals surface area contributed by atoms with Gasteiger partial charge in [0.2, 0.25) is 0 Å². The molecule has 0 aliphatic carbocycles. The molecule has 0 amide bonds. The van der Waals surface area contributed by atoms with Crippen molar-refractivity contribution in [2.24, 2.45) is 0 Å². The van der Waals surface area contributed by atoms with Crippen molar-refractivity contribution >= 4 is 23.4 Å². The monoisotopic (exact) mass is 252 g/mol. The quantitative estimate of drug-likeness (QED) is 0.873. The SMILES string of the molecule is CNc1ncnc(N2CCSC(C)C2C)c1C. The number of aromatic nitrogens is 2. The molecule has 0 bridgehead atoms. The van der Waals surface area contributed by atoms with E-state index >= 15 is 0 Å². The van der Waals surface area contributed by atoms with Crippen molar-refractivity contribution in [2.75, 3.05) is 29.6 Å². The second kappa shape index (κ2) is 5.12. The van der Waals surface area contributed by atoms with E-state index in [2.05, 4.69) is 41.0 Å². The van der Waals surface area contributed by atoms with Gasteiger partial charge in [0.25, 0.3) is 0 Å². The van der Waals surface area contributed by atoms with Crippen molar-refractivity contribution in [2.45, 2.75) is 32.1 Å². The van der Waals surface area contributed by atoms with E-state index in [1.807, 2.05) is 18.8 Å². The lowest BCUT2D eigenvalue weighted by molar-refractivity contribution is 0.618. The summed E-state index contributed by atoms with van der Waals surface area (Å²) in [6.07, 6.45) is 1.65. The molecular weight excluding hydrogens is 232 g/mol. The summed E-state index contributed by atoms with van der Waals surface area (Å²) in [6.45, 7) is 7.71. The summed E-state index contributed by atoms with van der Waals surface area (Å²) in [5.74, 6) is 3.17. The maximum atomic E-state index is 4.46. The first kappa shape index (κ1) is 12.5. The zero-order valence-electron chi connectivity index (χ0n) is 10.9. The van der Waals surface area contributed by atoms with Gasteiger partial charge in [0.1, 0.15) is 18.0 Å². The Morgan fingerprint density at radius 1 is 1.41 bits per heavy atom. The minimum atomic E-state index is 0.520. The Balaban J connectivity index is 2.33. The Morgan fingerprint density at radius 2 is 2.18 bits per heavy atom. The van der Waals surface area contributed by atoms with E-state index in [0.717, 1.165) is 23.7 Å². The van der Waals surface area contributed by atoms with Crippen LogP contribution in [0.15, 0.2) is 6.33 Å². The third kappa shape index (κ3) is 2.34. The van der Waals surface area contributed by atoms with Crippen LogP contribution in [0.5, 0.6) is 0 Å². The number of nitrogens with zero attached hydrogens (tertiary/aromatic N) is 3. The highest BCUT2D eigenvalue weighted by Gasteiger charge is 2.27. The van der Waals surface area contributed by atoms with Gasteiger partial charge < -0.3 is 10.2 Å². The van der Waals surface area contributed by atoms with Crippen LogP contribution >= 0.6 is 11.8 Å². The van der Waals surface area contributed by atoms with Gasteiger partial charge in [-0.3, -0.25) is 0 Å². The zero-order chi connectivity index (χ0) is 12.4. The number of rotatable bonds is 2. The molecule has 4 nitrogen and oxygen atoms in total. The van der Waals surface area contributed by atoms with Gasteiger partial charge in [-0.05, 0) is 13.8 Å². The molecule has 1 fully saturated rings. The molecular formula is C12H20N4S. The fraction of sp³-hybridized carbons (Fsp3) is 0.667. The van der Waals surface area contributed by atoms with Crippen LogP contribution in [0.2, 0.25) is 0 Å². The average molecular weight is 252 g/mol. The maximum absolute atomic E-state index is 4.46. The van der Waals surface area contributed by atoms with Crippen LogP contribution in [0.25, 0.3) is 0 Å².